The highest BCUT2D eigenvalue weighted by Gasteiger charge is 2.27. The molecule has 0 aliphatic carbocycles. The minimum absolute atomic E-state index is 0.122. The van der Waals surface area contributed by atoms with E-state index in [1.807, 2.05) is 43.0 Å². The normalized spacial score (nSPS) is 24.0. The van der Waals surface area contributed by atoms with Crippen LogP contribution in [0.5, 0.6) is 0 Å². The molecule has 0 aromatic heterocycles. The minimum Gasteiger partial charge on any atom is -0.399 e. The Labute approximate surface area is 108 Å². The van der Waals surface area contributed by atoms with Crippen molar-refractivity contribution in [2.45, 2.75) is 32.4 Å². The second-order valence-corrected chi connectivity index (χ2v) is 4.96. The van der Waals surface area contributed by atoms with Gasteiger partial charge in [0.2, 0.25) is 5.91 Å². The zero-order valence-electron chi connectivity index (χ0n) is 10.9. The number of amides is 1. The van der Waals surface area contributed by atoms with Crippen LogP contribution in [0.4, 0.5) is 5.69 Å². The van der Waals surface area contributed by atoms with Gasteiger partial charge in [0.15, 0.2) is 0 Å². The number of hydrogen-bond donors (Lipinski definition) is 1. The van der Waals surface area contributed by atoms with Gasteiger partial charge in [-0.25, -0.2) is 0 Å². The number of nitrogens with zero attached hydrogens (tertiary/aromatic N) is 1. The Morgan fingerprint density at radius 1 is 1.39 bits per heavy atom. The Hall–Kier alpha value is -1.55. The molecule has 0 saturated carbocycles. The first-order valence-corrected chi connectivity index (χ1v) is 6.31. The van der Waals surface area contributed by atoms with E-state index in [-0.39, 0.29) is 18.1 Å². The summed E-state index contributed by atoms with van der Waals surface area (Å²) in [6.07, 6.45) is 0.550. The molecule has 0 bridgehead atoms. The van der Waals surface area contributed by atoms with Crippen molar-refractivity contribution in [3.8, 4) is 0 Å². The third-order valence-electron chi connectivity index (χ3n) is 3.26. The molecule has 2 atom stereocenters. The van der Waals surface area contributed by atoms with Crippen LogP contribution in [0.25, 0.3) is 0 Å². The fraction of sp³-hybridized carbons (Fsp3) is 0.500. The number of morpholine rings is 1. The number of carbonyl (C=O) groups is 1. The van der Waals surface area contributed by atoms with Gasteiger partial charge in [0, 0.05) is 12.2 Å². The number of nitrogen functional groups attached to an aromatic ring is 1. The smallest absolute Gasteiger partial charge is 0.227 e. The van der Waals surface area contributed by atoms with E-state index in [1.165, 1.54) is 0 Å². The Morgan fingerprint density at radius 2 is 2.06 bits per heavy atom. The molecule has 4 nitrogen and oxygen atoms in total. The van der Waals surface area contributed by atoms with Gasteiger partial charge in [-0.2, -0.15) is 0 Å². The molecule has 1 aromatic rings. The second kappa shape index (κ2) is 5.40. The molecule has 1 saturated heterocycles. The van der Waals surface area contributed by atoms with Crippen molar-refractivity contribution in [3.63, 3.8) is 0 Å². The number of hydrogen-bond acceptors (Lipinski definition) is 3. The molecule has 18 heavy (non-hydrogen) atoms. The number of anilines is 1. The lowest BCUT2D eigenvalue weighted by Gasteiger charge is -2.36. The van der Waals surface area contributed by atoms with Crippen molar-refractivity contribution in [3.05, 3.63) is 29.8 Å². The monoisotopic (exact) mass is 248 g/mol. The third-order valence-corrected chi connectivity index (χ3v) is 3.26. The first kappa shape index (κ1) is 12.9. The van der Waals surface area contributed by atoms with E-state index in [9.17, 15) is 4.79 Å². The molecule has 1 amide bonds. The summed E-state index contributed by atoms with van der Waals surface area (Å²) in [6.45, 7) is 5.31. The van der Waals surface area contributed by atoms with Gasteiger partial charge in [-0.15, -0.1) is 0 Å². The minimum atomic E-state index is 0.122. The van der Waals surface area contributed by atoms with Crippen molar-refractivity contribution in [1.82, 2.24) is 4.90 Å². The summed E-state index contributed by atoms with van der Waals surface area (Å²) < 4.78 is 5.53. The lowest BCUT2D eigenvalue weighted by molar-refractivity contribution is -0.142. The maximum Gasteiger partial charge on any atom is 0.227 e. The molecule has 0 radical (unpaired) electrons. The molecular weight excluding hydrogens is 228 g/mol. The Morgan fingerprint density at radius 3 is 2.72 bits per heavy atom. The number of rotatable bonds is 2. The topological polar surface area (TPSA) is 55.6 Å². The number of benzene rings is 1. The maximum atomic E-state index is 12.2. The molecule has 1 fully saturated rings. The zero-order valence-corrected chi connectivity index (χ0v) is 10.9. The van der Waals surface area contributed by atoms with Gasteiger partial charge in [-0.05, 0) is 31.5 Å². The van der Waals surface area contributed by atoms with Crippen LogP contribution in [-0.2, 0) is 16.0 Å². The summed E-state index contributed by atoms with van der Waals surface area (Å²) in [6, 6.07) is 7.62. The largest absolute Gasteiger partial charge is 0.399 e. The van der Waals surface area contributed by atoms with Crippen LogP contribution in [0.3, 0.4) is 0 Å². The van der Waals surface area contributed by atoms with E-state index in [0.29, 0.717) is 19.6 Å². The standard InChI is InChI=1S/C14H20N2O2/c1-10-9-18-11(2)8-16(10)14(17)7-12-3-5-13(15)6-4-12/h3-6,10-11H,7-9,15H2,1-2H3. The van der Waals surface area contributed by atoms with E-state index in [1.54, 1.807) is 0 Å². The van der Waals surface area contributed by atoms with Gasteiger partial charge in [0.1, 0.15) is 0 Å². The molecule has 2 unspecified atom stereocenters. The zero-order chi connectivity index (χ0) is 13.1. The Balaban J connectivity index is 2.00. The second-order valence-electron chi connectivity index (χ2n) is 4.96. The highest BCUT2D eigenvalue weighted by atomic mass is 16.5. The quantitative estimate of drug-likeness (QED) is 0.806. The summed E-state index contributed by atoms with van der Waals surface area (Å²) in [7, 11) is 0. The van der Waals surface area contributed by atoms with Crippen LogP contribution >= 0.6 is 0 Å². The van der Waals surface area contributed by atoms with Crippen molar-refractivity contribution in [2.75, 3.05) is 18.9 Å². The predicted octanol–water partition coefficient (Wildman–Crippen LogP) is 1.45. The molecule has 0 spiro atoms. The first-order valence-electron chi connectivity index (χ1n) is 6.31. The van der Waals surface area contributed by atoms with E-state index >= 15 is 0 Å². The number of nitrogens with two attached hydrogens (primary N) is 1. The van der Waals surface area contributed by atoms with Crippen LogP contribution in [-0.4, -0.2) is 36.1 Å². The van der Waals surface area contributed by atoms with Crippen LogP contribution < -0.4 is 5.73 Å². The lowest BCUT2D eigenvalue weighted by atomic mass is 10.1. The molecule has 1 aromatic carbocycles. The first-order chi connectivity index (χ1) is 8.56. The highest BCUT2D eigenvalue weighted by molar-refractivity contribution is 5.79. The Kier molecular flexibility index (Phi) is 3.87. The van der Waals surface area contributed by atoms with E-state index < -0.39 is 0 Å². The van der Waals surface area contributed by atoms with Crippen LogP contribution in [0.2, 0.25) is 0 Å². The summed E-state index contributed by atoms with van der Waals surface area (Å²) in [5.41, 5.74) is 7.35. The molecule has 2 N–H and O–H groups in total. The van der Waals surface area contributed by atoms with Crippen molar-refractivity contribution >= 4 is 11.6 Å². The lowest BCUT2D eigenvalue weighted by Crippen LogP contribution is -2.50. The van der Waals surface area contributed by atoms with Gasteiger partial charge >= 0.3 is 0 Å². The summed E-state index contributed by atoms with van der Waals surface area (Å²) >= 11 is 0. The molecule has 1 heterocycles. The SMILES string of the molecule is CC1CN(C(=O)Cc2ccc(N)cc2)C(C)CO1. The fourth-order valence-electron chi connectivity index (χ4n) is 2.16. The predicted molar refractivity (Wildman–Crippen MR) is 71.1 cm³/mol. The molecule has 98 valence electrons. The van der Waals surface area contributed by atoms with Crippen LogP contribution in [0.15, 0.2) is 24.3 Å². The van der Waals surface area contributed by atoms with E-state index in [0.717, 1.165) is 11.3 Å². The number of ether oxygens (including phenoxy) is 1. The molecule has 2 rings (SSSR count). The van der Waals surface area contributed by atoms with E-state index in [2.05, 4.69) is 0 Å². The van der Waals surface area contributed by atoms with E-state index in [4.69, 9.17) is 10.5 Å². The van der Waals surface area contributed by atoms with Crippen molar-refractivity contribution < 1.29 is 9.53 Å². The van der Waals surface area contributed by atoms with Crippen molar-refractivity contribution in [1.29, 1.82) is 0 Å². The summed E-state index contributed by atoms with van der Waals surface area (Å²) in [5, 5.41) is 0. The fourth-order valence-corrected chi connectivity index (χ4v) is 2.16. The molecular formula is C14H20N2O2. The van der Waals surface area contributed by atoms with Gasteiger partial charge < -0.3 is 15.4 Å². The molecule has 1 aliphatic rings. The van der Waals surface area contributed by atoms with Gasteiger partial charge in [0.25, 0.3) is 0 Å². The molecule has 1 aliphatic heterocycles. The van der Waals surface area contributed by atoms with Crippen LogP contribution in [0, 0.1) is 0 Å². The maximum absolute atomic E-state index is 12.2. The van der Waals surface area contributed by atoms with Crippen molar-refractivity contribution in [2.24, 2.45) is 0 Å². The third kappa shape index (κ3) is 3.01. The average Bonchev–Trinajstić information content (AvgIpc) is 2.35. The van der Waals surface area contributed by atoms with Gasteiger partial charge in [-0.3, -0.25) is 4.79 Å². The van der Waals surface area contributed by atoms with Crippen LogP contribution in [0.1, 0.15) is 19.4 Å². The average molecular weight is 248 g/mol. The molecule has 4 heteroatoms. The number of carbonyl (C=O) groups excluding carboxylic acids is 1. The van der Waals surface area contributed by atoms with Gasteiger partial charge in [0.05, 0.1) is 25.2 Å². The summed E-state index contributed by atoms with van der Waals surface area (Å²) in [4.78, 5) is 14.2. The summed E-state index contributed by atoms with van der Waals surface area (Å²) in [5.74, 6) is 0.155. The highest BCUT2D eigenvalue weighted by Crippen LogP contribution is 2.14. The van der Waals surface area contributed by atoms with Gasteiger partial charge in [-0.1, -0.05) is 12.1 Å². The Bertz CT molecular complexity index is 416.